The zero-order chi connectivity index (χ0) is 17.3. The molecule has 1 saturated carbocycles. The van der Waals surface area contributed by atoms with Gasteiger partial charge in [-0.05, 0) is 68.5 Å². The molecule has 3 aliphatic rings. The topological polar surface area (TPSA) is 59.6 Å². The minimum absolute atomic E-state index is 0. The number of carbonyl (C=O) groups excluding carboxylic acids is 1. The van der Waals surface area contributed by atoms with Crippen LogP contribution in [0.1, 0.15) is 37.7 Å². The molecule has 3 fully saturated rings. The number of carbonyl (C=O) groups is 1. The smallest absolute Gasteiger partial charge is 0.228 e. The van der Waals surface area contributed by atoms with E-state index in [0.29, 0.717) is 0 Å². The first-order valence-corrected chi connectivity index (χ1v) is 9.53. The van der Waals surface area contributed by atoms with Crippen molar-refractivity contribution in [3.05, 3.63) is 23.8 Å². The lowest BCUT2D eigenvalue weighted by Crippen LogP contribution is -2.31. The SMILES string of the molecule is Cc1cc(NC(=O)C2CC23CCNCC3)ccc1OC1CCOCC1.Cl. The summed E-state index contributed by atoms with van der Waals surface area (Å²) in [6.45, 7) is 5.67. The minimum atomic E-state index is 0. The minimum Gasteiger partial charge on any atom is -0.490 e. The van der Waals surface area contributed by atoms with Crippen molar-refractivity contribution in [2.45, 2.75) is 45.1 Å². The van der Waals surface area contributed by atoms with Crippen LogP contribution in [-0.2, 0) is 9.53 Å². The first-order chi connectivity index (χ1) is 12.2. The number of piperidine rings is 1. The lowest BCUT2D eigenvalue weighted by molar-refractivity contribution is -0.118. The van der Waals surface area contributed by atoms with Crippen molar-refractivity contribution in [2.24, 2.45) is 11.3 Å². The van der Waals surface area contributed by atoms with Crippen molar-refractivity contribution in [1.29, 1.82) is 0 Å². The normalized spacial score (nSPS) is 24.6. The molecule has 1 aromatic carbocycles. The Balaban J connectivity index is 0.00000196. The molecule has 1 unspecified atom stereocenters. The van der Waals surface area contributed by atoms with Gasteiger partial charge in [-0.2, -0.15) is 0 Å². The second-order valence-corrected chi connectivity index (χ2v) is 7.77. The summed E-state index contributed by atoms with van der Waals surface area (Å²) in [7, 11) is 0. The van der Waals surface area contributed by atoms with E-state index in [2.05, 4.69) is 10.6 Å². The molecule has 1 aromatic rings. The van der Waals surface area contributed by atoms with Gasteiger partial charge in [0, 0.05) is 24.4 Å². The van der Waals surface area contributed by atoms with Crippen LogP contribution in [0.25, 0.3) is 0 Å². The molecular weight excluding hydrogens is 352 g/mol. The van der Waals surface area contributed by atoms with E-state index in [4.69, 9.17) is 9.47 Å². The molecule has 1 amide bonds. The Hall–Kier alpha value is -1.30. The van der Waals surface area contributed by atoms with Crippen LogP contribution in [0.3, 0.4) is 0 Å². The van der Waals surface area contributed by atoms with E-state index in [9.17, 15) is 4.79 Å². The third kappa shape index (κ3) is 4.16. The van der Waals surface area contributed by atoms with Crippen LogP contribution in [0.15, 0.2) is 18.2 Å². The van der Waals surface area contributed by atoms with Gasteiger partial charge in [0.25, 0.3) is 0 Å². The largest absolute Gasteiger partial charge is 0.490 e. The predicted octanol–water partition coefficient (Wildman–Crippen LogP) is 3.30. The number of anilines is 1. The zero-order valence-electron chi connectivity index (χ0n) is 15.4. The van der Waals surface area contributed by atoms with E-state index >= 15 is 0 Å². The molecule has 0 bridgehead atoms. The number of benzene rings is 1. The standard InChI is InChI=1S/C20H28N2O3.ClH/c1-14-12-15(2-3-18(14)25-16-4-10-24-11-5-16)22-19(23)17-13-20(17)6-8-21-9-7-20;/h2-3,12,16-17,21H,4-11,13H2,1H3,(H,22,23);1H. The fraction of sp³-hybridized carbons (Fsp3) is 0.650. The summed E-state index contributed by atoms with van der Waals surface area (Å²) < 4.78 is 11.5. The highest BCUT2D eigenvalue weighted by molar-refractivity contribution is 5.95. The highest BCUT2D eigenvalue weighted by atomic mass is 35.5. The third-order valence-electron chi connectivity index (χ3n) is 6.01. The van der Waals surface area contributed by atoms with Gasteiger partial charge in [-0.25, -0.2) is 0 Å². The van der Waals surface area contributed by atoms with Gasteiger partial charge in [0.05, 0.1) is 13.2 Å². The third-order valence-corrected chi connectivity index (χ3v) is 6.01. The molecule has 2 N–H and O–H groups in total. The summed E-state index contributed by atoms with van der Waals surface area (Å²) in [6, 6.07) is 5.95. The second kappa shape index (κ2) is 8.15. The van der Waals surface area contributed by atoms with Gasteiger partial charge in [0.1, 0.15) is 11.9 Å². The van der Waals surface area contributed by atoms with Gasteiger partial charge >= 0.3 is 0 Å². The predicted molar refractivity (Wildman–Crippen MR) is 104 cm³/mol. The van der Waals surface area contributed by atoms with Gasteiger partial charge in [0.2, 0.25) is 5.91 Å². The van der Waals surface area contributed by atoms with Crippen LogP contribution in [0.4, 0.5) is 5.69 Å². The molecule has 0 aromatic heterocycles. The average molecular weight is 381 g/mol. The van der Waals surface area contributed by atoms with E-state index in [-0.39, 0.29) is 35.8 Å². The first-order valence-electron chi connectivity index (χ1n) is 9.53. The van der Waals surface area contributed by atoms with E-state index < -0.39 is 0 Å². The number of hydrogen-bond donors (Lipinski definition) is 2. The van der Waals surface area contributed by atoms with E-state index in [1.807, 2.05) is 25.1 Å². The molecule has 0 radical (unpaired) electrons. The Morgan fingerprint density at radius 1 is 1.27 bits per heavy atom. The fourth-order valence-corrected chi connectivity index (χ4v) is 4.26. The molecule has 2 saturated heterocycles. The van der Waals surface area contributed by atoms with Crippen molar-refractivity contribution < 1.29 is 14.3 Å². The molecule has 2 aliphatic heterocycles. The van der Waals surface area contributed by atoms with Gasteiger partial charge in [-0.15, -0.1) is 12.4 Å². The van der Waals surface area contributed by atoms with Crippen molar-refractivity contribution in [3.63, 3.8) is 0 Å². The van der Waals surface area contributed by atoms with Gasteiger partial charge < -0.3 is 20.1 Å². The summed E-state index contributed by atoms with van der Waals surface area (Å²) in [4.78, 5) is 12.6. The highest BCUT2D eigenvalue weighted by Gasteiger charge is 2.57. The Labute approximate surface area is 161 Å². The van der Waals surface area contributed by atoms with Crippen LogP contribution in [0, 0.1) is 18.3 Å². The Kier molecular flexibility index (Phi) is 6.10. The summed E-state index contributed by atoms with van der Waals surface area (Å²) in [5.41, 5.74) is 2.21. The maximum atomic E-state index is 12.6. The van der Waals surface area contributed by atoms with Crippen molar-refractivity contribution in [1.82, 2.24) is 5.32 Å². The van der Waals surface area contributed by atoms with Gasteiger partial charge in [-0.3, -0.25) is 4.79 Å². The van der Waals surface area contributed by atoms with Crippen molar-refractivity contribution in [2.75, 3.05) is 31.6 Å². The van der Waals surface area contributed by atoms with Gasteiger partial charge in [0.15, 0.2) is 0 Å². The number of halogens is 1. The Morgan fingerprint density at radius 2 is 2.00 bits per heavy atom. The second-order valence-electron chi connectivity index (χ2n) is 7.77. The van der Waals surface area contributed by atoms with E-state index in [1.54, 1.807) is 0 Å². The molecule has 6 heteroatoms. The quantitative estimate of drug-likeness (QED) is 0.841. The lowest BCUT2D eigenvalue weighted by atomic mass is 9.92. The molecule has 144 valence electrons. The molecule has 26 heavy (non-hydrogen) atoms. The number of rotatable bonds is 4. The molecular formula is C20H29ClN2O3. The maximum Gasteiger partial charge on any atom is 0.228 e. The number of hydrogen-bond acceptors (Lipinski definition) is 4. The maximum absolute atomic E-state index is 12.6. The lowest BCUT2D eigenvalue weighted by Gasteiger charge is -2.24. The monoisotopic (exact) mass is 380 g/mol. The Bertz CT molecular complexity index is 640. The number of aryl methyl sites for hydroxylation is 1. The summed E-state index contributed by atoms with van der Waals surface area (Å²) in [5, 5.41) is 6.50. The van der Waals surface area contributed by atoms with Crippen LogP contribution >= 0.6 is 12.4 Å². The summed E-state index contributed by atoms with van der Waals surface area (Å²) in [5.74, 6) is 1.28. The number of nitrogens with one attached hydrogen (secondary N) is 2. The van der Waals surface area contributed by atoms with Crippen LogP contribution in [0.2, 0.25) is 0 Å². The molecule has 2 heterocycles. The van der Waals surface area contributed by atoms with Crippen molar-refractivity contribution >= 4 is 24.0 Å². The molecule has 5 nitrogen and oxygen atoms in total. The molecule has 1 aliphatic carbocycles. The van der Waals surface area contributed by atoms with E-state index in [0.717, 1.165) is 75.4 Å². The van der Waals surface area contributed by atoms with E-state index in [1.165, 1.54) is 0 Å². The highest BCUT2D eigenvalue weighted by Crippen LogP contribution is 2.58. The number of amides is 1. The number of ether oxygens (including phenoxy) is 2. The van der Waals surface area contributed by atoms with Crippen LogP contribution in [0.5, 0.6) is 5.75 Å². The summed E-state index contributed by atoms with van der Waals surface area (Å²) in [6.07, 6.45) is 5.42. The van der Waals surface area contributed by atoms with Crippen molar-refractivity contribution in [3.8, 4) is 5.75 Å². The van der Waals surface area contributed by atoms with Gasteiger partial charge in [-0.1, -0.05) is 0 Å². The van der Waals surface area contributed by atoms with Crippen LogP contribution < -0.4 is 15.4 Å². The van der Waals surface area contributed by atoms with Crippen LogP contribution in [-0.4, -0.2) is 38.3 Å². The summed E-state index contributed by atoms with van der Waals surface area (Å²) >= 11 is 0. The Morgan fingerprint density at radius 3 is 2.69 bits per heavy atom. The fourth-order valence-electron chi connectivity index (χ4n) is 4.26. The zero-order valence-corrected chi connectivity index (χ0v) is 16.2. The average Bonchev–Trinajstić information content (AvgIpc) is 3.32. The molecule has 1 spiro atoms. The first kappa shape index (κ1) is 19.5. The molecule has 1 atom stereocenters. The molecule has 4 rings (SSSR count).